The quantitative estimate of drug-likeness (QED) is 0.557. The summed E-state index contributed by atoms with van der Waals surface area (Å²) in [6.07, 6.45) is 14.6. The SMILES string of the molecule is C[C]1[CH][CH][CH][CH]1.C[C]1[CH][CH][CH][C]1C.[Mn]. The van der Waals surface area contributed by atoms with E-state index >= 15 is 0 Å². The Morgan fingerprint density at radius 1 is 0.643 bits per heavy atom. The van der Waals surface area contributed by atoms with E-state index in [1.165, 1.54) is 17.8 Å². The third kappa shape index (κ3) is 5.41. The molecule has 0 aromatic heterocycles. The monoisotopic (exact) mass is 227 g/mol. The second-order valence-electron chi connectivity index (χ2n) is 3.35. The van der Waals surface area contributed by atoms with E-state index in [1.54, 1.807) is 0 Å². The molecule has 2 aliphatic carbocycles. The van der Waals surface area contributed by atoms with Gasteiger partial charge in [0.15, 0.2) is 0 Å². The number of rotatable bonds is 0. The summed E-state index contributed by atoms with van der Waals surface area (Å²) in [5, 5.41) is 0. The molecule has 2 saturated carbocycles. The van der Waals surface area contributed by atoms with Crippen LogP contribution in [0.25, 0.3) is 0 Å². The smallest absolute Gasteiger partial charge is 0 e. The van der Waals surface area contributed by atoms with E-state index in [9.17, 15) is 0 Å². The van der Waals surface area contributed by atoms with Crippen molar-refractivity contribution in [2.45, 2.75) is 20.8 Å². The van der Waals surface area contributed by atoms with Crippen LogP contribution in [0, 0.1) is 62.7 Å². The molecule has 0 atom stereocenters. The summed E-state index contributed by atoms with van der Waals surface area (Å²) in [6, 6.07) is 0. The van der Waals surface area contributed by atoms with E-state index in [0.717, 1.165) is 0 Å². The molecule has 0 nitrogen and oxygen atoms in total. The zero-order valence-electron chi connectivity index (χ0n) is 8.92. The van der Waals surface area contributed by atoms with Crippen LogP contribution in [0.3, 0.4) is 0 Å². The molecule has 0 bridgehead atoms. The molecule has 11 radical (unpaired) electrons. The van der Waals surface area contributed by atoms with Crippen LogP contribution in [0.5, 0.6) is 0 Å². The summed E-state index contributed by atoms with van der Waals surface area (Å²) in [5.41, 5.74) is 0. The Balaban J connectivity index is 0.000000227. The topological polar surface area (TPSA) is 0 Å². The van der Waals surface area contributed by atoms with Crippen LogP contribution >= 0.6 is 0 Å². The first kappa shape index (κ1) is 14.5. The average molecular weight is 227 g/mol. The number of hydrogen-bond donors (Lipinski definition) is 0. The molecular weight excluding hydrogens is 211 g/mol. The van der Waals surface area contributed by atoms with Gasteiger partial charge >= 0.3 is 0 Å². The summed E-state index contributed by atoms with van der Waals surface area (Å²) in [6.45, 7) is 6.32. The summed E-state index contributed by atoms with van der Waals surface area (Å²) in [5.74, 6) is 4.12. The molecule has 0 saturated heterocycles. The van der Waals surface area contributed by atoms with Gasteiger partial charge in [-0.25, -0.2) is 0 Å². The molecule has 0 heterocycles. The molecule has 75 valence electrons. The van der Waals surface area contributed by atoms with Crippen molar-refractivity contribution in [1.82, 2.24) is 0 Å². The van der Waals surface area contributed by atoms with Gasteiger partial charge in [0.25, 0.3) is 0 Å². The Morgan fingerprint density at radius 2 is 1.07 bits per heavy atom. The van der Waals surface area contributed by atoms with E-state index in [-0.39, 0.29) is 17.1 Å². The van der Waals surface area contributed by atoms with Crippen LogP contribution in [-0.4, -0.2) is 0 Å². The van der Waals surface area contributed by atoms with Crippen molar-refractivity contribution in [2.24, 2.45) is 0 Å². The van der Waals surface area contributed by atoms with Crippen molar-refractivity contribution in [1.29, 1.82) is 0 Å². The Labute approximate surface area is 101 Å². The van der Waals surface area contributed by atoms with Gasteiger partial charge in [-0.1, -0.05) is 20.8 Å². The van der Waals surface area contributed by atoms with Gasteiger partial charge < -0.3 is 0 Å². The second kappa shape index (κ2) is 7.76. The van der Waals surface area contributed by atoms with E-state index in [4.69, 9.17) is 0 Å². The molecule has 14 heavy (non-hydrogen) atoms. The molecule has 0 aromatic carbocycles. The van der Waals surface area contributed by atoms with E-state index in [1.807, 2.05) is 12.8 Å². The fourth-order valence-electron chi connectivity index (χ4n) is 1.07. The normalized spacial score (nSPS) is 24.2. The third-order valence-electron chi connectivity index (χ3n) is 2.14. The van der Waals surface area contributed by atoms with Crippen LogP contribution < -0.4 is 0 Å². The molecule has 0 unspecified atom stereocenters. The summed E-state index contributed by atoms with van der Waals surface area (Å²) in [4.78, 5) is 0. The Hall–Kier alpha value is 0.519. The predicted octanol–water partition coefficient (Wildman–Crippen LogP) is 3.21. The van der Waals surface area contributed by atoms with E-state index in [0.29, 0.717) is 0 Å². The molecule has 2 aliphatic rings. The Morgan fingerprint density at radius 3 is 1.21 bits per heavy atom. The van der Waals surface area contributed by atoms with Crippen molar-refractivity contribution in [3.63, 3.8) is 0 Å². The van der Waals surface area contributed by atoms with Gasteiger partial charge in [0.1, 0.15) is 0 Å². The number of hydrogen-bond acceptors (Lipinski definition) is 0. The van der Waals surface area contributed by atoms with Crippen molar-refractivity contribution in [3.05, 3.63) is 62.7 Å². The summed E-state index contributed by atoms with van der Waals surface area (Å²) >= 11 is 0. The predicted molar refractivity (Wildman–Crippen MR) is 56.9 cm³/mol. The largest absolute Gasteiger partial charge is 0.0585 e. The van der Waals surface area contributed by atoms with Crippen LogP contribution in [0.2, 0.25) is 0 Å². The molecule has 2 fully saturated rings. The van der Waals surface area contributed by atoms with Crippen molar-refractivity contribution in [2.75, 3.05) is 0 Å². The standard InChI is InChI=1S/C7H9.C6H7.Mn/c1-6-4-3-5-7(6)2;1-6-4-2-3-5-6;/h3-5H,1-2H3;2-5H,1H3;. The second-order valence-corrected chi connectivity index (χ2v) is 3.35. The maximum absolute atomic E-state index is 2.12. The van der Waals surface area contributed by atoms with E-state index in [2.05, 4.69) is 52.9 Å². The first-order valence-corrected chi connectivity index (χ1v) is 4.57. The van der Waals surface area contributed by atoms with Crippen LogP contribution in [-0.2, 0) is 17.1 Å². The van der Waals surface area contributed by atoms with Gasteiger partial charge in [0, 0.05) is 17.1 Å². The van der Waals surface area contributed by atoms with Crippen LogP contribution in [0.15, 0.2) is 0 Å². The zero-order valence-corrected chi connectivity index (χ0v) is 10.1. The summed E-state index contributed by atoms with van der Waals surface area (Å²) in [7, 11) is 0. The zero-order chi connectivity index (χ0) is 9.68. The molecule has 0 aliphatic heterocycles. The average Bonchev–Trinajstić information content (AvgIpc) is 2.67. The maximum Gasteiger partial charge on any atom is 0 e. The Bertz CT molecular complexity index is 119. The molecule has 1 heteroatoms. The van der Waals surface area contributed by atoms with Crippen molar-refractivity contribution >= 4 is 0 Å². The van der Waals surface area contributed by atoms with E-state index < -0.39 is 0 Å². The van der Waals surface area contributed by atoms with Crippen LogP contribution in [0.4, 0.5) is 0 Å². The maximum atomic E-state index is 2.12. The molecule has 0 aromatic rings. The molecule has 0 amide bonds. The van der Waals surface area contributed by atoms with Crippen LogP contribution in [0.1, 0.15) is 20.8 Å². The van der Waals surface area contributed by atoms with Crippen molar-refractivity contribution < 1.29 is 17.1 Å². The summed E-state index contributed by atoms with van der Waals surface area (Å²) < 4.78 is 0. The molecule has 2 rings (SSSR count). The Kier molecular flexibility index (Phi) is 8.05. The minimum absolute atomic E-state index is 0. The van der Waals surface area contributed by atoms with Gasteiger partial charge in [0.2, 0.25) is 0 Å². The van der Waals surface area contributed by atoms with Crippen molar-refractivity contribution in [3.8, 4) is 0 Å². The molecular formula is C13H16Mn. The van der Waals surface area contributed by atoms with Gasteiger partial charge in [-0.3, -0.25) is 0 Å². The van der Waals surface area contributed by atoms with Gasteiger partial charge in [-0.2, -0.15) is 0 Å². The first-order valence-electron chi connectivity index (χ1n) is 4.57. The third-order valence-corrected chi connectivity index (χ3v) is 2.14. The van der Waals surface area contributed by atoms with Gasteiger partial charge in [-0.05, 0) is 62.7 Å². The molecule has 0 spiro atoms. The minimum atomic E-state index is 0. The van der Waals surface area contributed by atoms with Gasteiger partial charge in [0.05, 0.1) is 0 Å². The first-order chi connectivity index (χ1) is 6.20. The fraction of sp³-hybridized carbons (Fsp3) is 0.231. The molecule has 0 N–H and O–H groups in total. The van der Waals surface area contributed by atoms with Gasteiger partial charge in [-0.15, -0.1) is 0 Å². The fourth-order valence-corrected chi connectivity index (χ4v) is 1.07. The minimum Gasteiger partial charge on any atom is -0.0585 e.